The van der Waals surface area contributed by atoms with E-state index in [4.69, 9.17) is 10.5 Å². The Bertz CT molecular complexity index is 1170. The van der Waals surface area contributed by atoms with Gasteiger partial charge in [0.1, 0.15) is 5.75 Å². The first kappa shape index (κ1) is 20.6. The summed E-state index contributed by atoms with van der Waals surface area (Å²) < 4.78 is 5.28. The Kier molecular flexibility index (Phi) is 5.95. The van der Waals surface area contributed by atoms with Gasteiger partial charge in [-0.1, -0.05) is 36.4 Å². The Morgan fingerprint density at radius 3 is 2.13 bits per heavy atom. The summed E-state index contributed by atoms with van der Waals surface area (Å²) >= 11 is 1.44. The Morgan fingerprint density at radius 1 is 1.00 bits per heavy atom. The van der Waals surface area contributed by atoms with Crippen molar-refractivity contribution in [3.8, 4) is 16.9 Å². The van der Waals surface area contributed by atoms with E-state index in [-0.39, 0.29) is 11.6 Å². The summed E-state index contributed by atoms with van der Waals surface area (Å²) in [7, 11) is 1.65. The van der Waals surface area contributed by atoms with Crippen LogP contribution in [-0.4, -0.2) is 17.0 Å². The molecule has 0 fully saturated rings. The number of nitrogens with zero attached hydrogens (tertiary/aromatic N) is 2. The topological polar surface area (TPSA) is 91.3 Å². The number of benzene rings is 3. The highest BCUT2D eigenvalue weighted by atomic mass is 32.1. The van der Waals surface area contributed by atoms with E-state index < -0.39 is 4.92 Å². The number of methoxy groups -OCH3 is 1. The van der Waals surface area contributed by atoms with Crippen molar-refractivity contribution in [3.05, 3.63) is 105 Å². The minimum absolute atomic E-state index is 0.0738. The van der Waals surface area contributed by atoms with Crippen molar-refractivity contribution in [2.45, 2.75) is 12.3 Å². The van der Waals surface area contributed by atoms with Gasteiger partial charge in [-0.3, -0.25) is 10.1 Å². The second-order valence-corrected chi connectivity index (χ2v) is 8.03. The van der Waals surface area contributed by atoms with E-state index in [1.54, 1.807) is 19.2 Å². The van der Waals surface area contributed by atoms with Gasteiger partial charge < -0.3 is 10.5 Å². The number of anilines is 1. The first-order valence-corrected chi connectivity index (χ1v) is 10.6. The van der Waals surface area contributed by atoms with Gasteiger partial charge in [0.05, 0.1) is 17.7 Å². The monoisotopic (exact) mass is 431 g/mol. The standard InChI is InChI=1S/C24H21N3O3S/c1-30-21-12-8-19(9-13-21)22(23-15-31-24(25)26-23)14-16-2-4-17(5-3-16)18-6-10-20(11-7-18)27(28)29/h2-13,15,22H,14H2,1H3,(H2,25,26)/t22-/m0/s1. The maximum atomic E-state index is 10.9. The number of nitro benzene ring substituents is 1. The molecule has 3 aromatic carbocycles. The molecule has 0 aliphatic carbocycles. The van der Waals surface area contributed by atoms with Crippen LogP contribution in [0.15, 0.2) is 78.2 Å². The number of nitro groups is 1. The molecule has 6 nitrogen and oxygen atoms in total. The van der Waals surface area contributed by atoms with Gasteiger partial charge >= 0.3 is 0 Å². The number of rotatable bonds is 7. The molecule has 31 heavy (non-hydrogen) atoms. The number of non-ortho nitro benzene ring substituents is 1. The fourth-order valence-electron chi connectivity index (χ4n) is 3.53. The van der Waals surface area contributed by atoms with Gasteiger partial charge in [0.2, 0.25) is 0 Å². The van der Waals surface area contributed by atoms with Gasteiger partial charge in [-0.25, -0.2) is 4.98 Å². The van der Waals surface area contributed by atoms with Gasteiger partial charge in [-0.15, -0.1) is 11.3 Å². The zero-order valence-corrected chi connectivity index (χ0v) is 17.7. The zero-order valence-electron chi connectivity index (χ0n) is 16.9. The van der Waals surface area contributed by atoms with Crippen molar-refractivity contribution >= 4 is 22.2 Å². The molecular weight excluding hydrogens is 410 g/mol. The third-order valence-electron chi connectivity index (χ3n) is 5.22. The summed E-state index contributed by atoms with van der Waals surface area (Å²) in [6.07, 6.45) is 0.774. The van der Waals surface area contributed by atoms with Crippen LogP contribution >= 0.6 is 11.3 Å². The summed E-state index contributed by atoms with van der Waals surface area (Å²) in [4.78, 5) is 15.0. The van der Waals surface area contributed by atoms with E-state index >= 15 is 0 Å². The molecule has 0 saturated carbocycles. The molecule has 1 atom stereocenters. The summed E-state index contributed by atoms with van der Waals surface area (Å²) in [5.74, 6) is 0.887. The smallest absolute Gasteiger partial charge is 0.269 e. The van der Waals surface area contributed by atoms with E-state index in [2.05, 4.69) is 29.2 Å². The molecule has 7 heteroatoms. The van der Waals surface area contributed by atoms with E-state index in [9.17, 15) is 10.1 Å². The fraction of sp³-hybridized carbons (Fsp3) is 0.125. The number of nitrogen functional groups attached to an aromatic ring is 1. The summed E-state index contributed by atoms with van der Waals surface area (Å²) in [6, 6.07) is 22.9. The molecule has 4 aromatic rings. The van der Waals surface area contributed by atoms with Crippen molar-refractivity contribution < 1.29 is 9.66 Å². The van der Waals surface area contributed by atoms with E-state index in [0.29, 0.717) is 5.13 Å². The first-order valence-electron chi connectivity index (χ1n) is 9.72. The Hall–Kier alpha value is -3.71. The lowest BCUT2D eigenvalue weighted by Crippen LogP contribution is -2.06. The van der Waals surface area contributed by atoms with Gasteiger partial charge in [-0.2, -0.15) is 0 Å². The molecule has 1 heterocycles. The Balaban J connectivity index is 1.58. The summed E-state index contributed by atoms with van der Waals surface area (Å²) in [6.45, 7) is 0. The van der Waals surface area contributed by atoms with Crippen LogP contribution in [0.3, 0.4) is 0 Å². The van der Waals surface area contributed by atoms with Crippen LogP contribution < -0.4 is 10.5 Å². The summed E-state index contributed by atoms with van der Waals surface area (Å²) in [5, 5.41) is 13.4. The summed E-state index contributed by atoms with van der Waals surface area (Å²) in [5.41, 5.74) is 11.2. The largest absolute Gasteiger partial charge is 0.497 e. The van der Waals surface area contributed by atoms with Crippen molar-refractivity contribution in [1.82, 2.24) is 4.98 Å². The maximum Gasteiger partial charge on any atom is 0.269 e. The zero-order chi connectivity index (χ0) is 21.8. The second kappa shape index (κ2) is 8.97. The van der Waals surface area contributed by atoms with Gasteiger partial charge in [-0.05, 0) is 52.9 Å². The predicted octanol–water partition coefficient (Wildman–Crippen LogP) is 5.68. The number of nitrogens with two attached hydrogens (primary N) is 1. The highest BCUT2D eigenvalue weighted by Gasteiger charge is 2.18. The van der Waals surface area contributed by atoms with Crippen molar-refractivity contribution in [3.63, 3.8) is 0 Å². The van der Waals surface area contributed by atoms with Gasteiger partial charge in [0.15, 0.2) is 5.13 Å². The highest BCUT2D eigenvalue weighted by molar-refractivity contribution is 7.13. The number of ether oxygens (including phenoxy) is 1. The van der Waals surface area contributed by atoms with Crippen molar-refractivity contribution in [1.29, 1.82) is 0 Å². The second-order valence-electron chi connectivity index (χ2n) is 7.14. The predicted molar refractivity (Wildman–Crippen MR) is 124 cm³/mol. The number of hydrogen-bond acceptors (Lipinski definition) is 6. The van der Waals surface area contributed by atoms with Crippen LogP contribution in [0.2, 0.25) is 0 Å². The first-order chi connectivity index (χ1) is 15.0. The van der Waals surface area contributed by atoms with Crippen molar-refractivity contribution in [2.24, 2.45) is 0 Å². The third-order valence-corrected chi connectivity index (χ3v) is 5.91. The molecule has 0 bridgehead atoms. The fourth-order valence-corrected chi connectivity index (χ4v) is 4.15. The van der Waals surface area contributed by atoms with E-state index in [1.165, 1.54) is 23.5 Å². The lowest BCUT2D eigenvalue weighted by Gasteiger charge is -2.16. The third kappa shape index (κ3) is 4.73. The molecule has 0 amide bonds. The average molecular weight is 432 g/mol. The van der Waals surface area contributed by atoms with Crippen LogP contribution in [0.4, 0.5) is 10.8 Å². The molecule has 0 aliphatic rings. The normalized spacial score (nSPS) is 11.8. The molecule has 0 aliphatic heterocycles. The lowest BCUT2D eigenvalue weighted by atomic mass is 9.89. The van der Waals surface area contributed by atoms with Crippen LogP contribution in [0, 0.1) is 10.1 Å². The minimum atomic E-state index is -0.391. The molecule has 156 valence electrons. The van der Waals surface area contributed by atoms with E-state index in [1.807, 2.05) is 29.6 Å². The van der Waals surface area contributed by atoms with Gasteiger partial charge in [0.25, 0.3) is 5.69 Å². The number of hydrogen-bond donors (Lipinski definition) is 1. The number of aromatic nitrogens is 1. The van der Waals surface area contributed by atoms with Crippen LogP contribution in [0.25, 0.3) is 11.1 Å². The van der Waals surface area contributed by atoms with Crippen molar-refractivity contribution in [2.75, 3.05) is 12.8 Å². The van der Waals surface area contributed by atoms with E-state index in [0.717, 1.165) is 40.1 Å². The SMILES string of the molecule is COc1ccc([C@H](Cc2ccc(-c3ccc([N+](=O)[O-])cc3)cc2)c2csc(N)n2)cc1. The van der Waals surface area contributed by atoms with Crippen LogP contribution in [0.1, 0.15) is 22.7 Å². The van der Waals surface area contributed by atoms with Crippen LogP contribution in [0.5, 0.6) is 5.75 Å². The maximum absolute atomic E-state index is 10.9. The molecular formula is C24H21N3O3S. The molecule has 0 unspecified atom stereocenters. The minimum Gasteiger partial charge on any atom is -0.497 e. The quantitative estimate of drug-likeness (QED) is 0.300. The van der Waals surface area contributed by atoms with Gasteiger partial charge in [0, 0.05) is 23.4 Å². The average Bonchev–Trinajstić information content (AvgIpc) is 3.24. The molecule has 1 aromatic heterocycles. The van der Waals surface area contributed by atoms with Crippen LogP contribution in [-0.2, 0) is 6.42 Å². The molecule has 0 spiro atoms. The lowest BCUT2D eigenvalue weighted by molar-refractivity contribution is -0.384. The highest BCUT2D eigenvalue weighted by Crippen LogP contribution is 2.32. The number of thiazole rings is 1. The Morgan fingerprint density at radius 2 is 1.61 bits per heavy atom. The Labute approximate surface area is 184 Å². The molecule has 4 rings (SSSR count). The molecule has 0 saturated heterocycles. The molecule has 0 radical (unpaired) electrons. The molecule has 2 N–H and O–H groups in total.